The van der Waals surface area contributed by atoms with Gasteiger partial charge in [-0.2, -0.15) is 0 Å². The van der Waals surface area contributed by atoms with Crippen molar-refractivity contribution in [3.8, 4) is 5.75 Å². The van der Waals surface area contributed by atoms with Crippen molar-refractivity contribution < 1.29 is 9.84 Å². The maximum atomic E-state index is 10.4. The Morgan fingerprint density at radius 2 is 2.14 bits per heavy atom. The minimum Gasteiger partial charge on any atom is -0.493 e. The van der Waals surface area contributed by atoms with E-state index in [1.54, 1.807) is 0 Å². The molecule has 1 atom stereocenters. The third kappa shape index (κ3) is 3.07. The maximum absolute atomic E-state index is 10.4. The molecule has 1 N–H and O–H groups in total. The van der Waals surface area contributed by atoms with Gasteiger partial charge in [-0.15, -0.1) is 0 Å². The molecule has 0 radical (unpaired) electrons. The lowest BCUT2D eigenvalue weighted by Crippen LogP contribution is -2.01. The van der Waals surface area contributed by atoms with Crippen molar-refractivity contribution >= 4 is 11.6 Å². The molecular weight excluding hydrogens is 284 g/mol. The van der Waals surface area contributed by atoms with Gasteiger partial charge in [0.05, 0.1) is 12.7 Å². The highest BCUT2D eigenvalue weighted by molar-refractivity contribution is 6.32. The van der Waals surface area contributed by atoms with Gasteiger partial charge in [0.2, 0.25) is 0 Å². The molecule has 2 nitrogen and oxygen atoms in total. The molecule has 1 heterocycles. The van der Waals surface area contributed by atoms with Crippen LogP contribution in [0.4, 0.5) is 0 Å². The molecule has 0 amide bonds. The van der Waals surface area contributed by atoms with Gasteiger partial charge in [-0.25, -0.2) is 0 Å². The second-order valence-electron chi connectivity index (χ2n) is 5.57. The molecule has 3 heteroatoms. The van der Waals surface area contributed by atoms with Crippen LogP contribution in [0.1, 0.15) is 34.8 Å². The number of benzene rings is 2. The number of rotatable bonds is 4. The summed E-state index contributed by atoms with van der Waals surface area (Å²) < 4.78 is 5.51. The van der Waals surface area contributed by atoms with E-state index in [9.17, 15) is 5.11 Å². The summed E-state index contributed by atoms with van der Waals surface area (Å²) in [5, 5.41) is 11.0. The van der Waals surface area contributed by atoms with E-state index < -0.39 is 6.10 Å². The van der Waals surface area contributed by atoms with Gasteiger partial charge in [0.15, 0.2) is 0 Å². The number of fused-ring (bicyclic) bond motifs is 1. The van der Waals surface area contributed by atoms with Gasteiger partial charge in [-0.05, 0) is 48.1 Å². The average Bonchev–Trinajstić information content (AvgIpc) is 2.95. The summed E-state index contributed by atoms with van der Waals surface area (Å²) in [4.78, 5) is 0. The molecule has 0 fully saturated rings. The zero-order chi connectivity index (χ0) is 14.8. The summed E-state index contributed by atoms with van der Waals surface area (Å²) in [7, 11) is 0. The Morgan fingerprint density at radius 3 is 3.00 bits per heavy atom. The van der Waals surface area contributed by atoms with Crippen LogP contribution >= 0.6 is 11.6 Å². The molecule has 21 heavy (non-hydrogen) atoms. The van der Waals surface area contributed by atoms with Crippen molar-refractivity contribution in [3.05, 3.63) is 63.7 Å². The van der Waals surface area contributed by atoms with Gasteiger partial charge >= 0.3 is 0 Å². The van der Waals surface area contributed by atoms with E-state index in [2.05, 4.69) is 12.1 Å². The van der Waals surface area contributed by atoms with E-state index >= 15 is 0 Å². The molecule has 2 aromatic rings. The smallest absolute Gasteiger partial charge is 0.122 e. The lowest BCUT2D eigenvalue weighted by atomic mass is 9.98. The van der Waals surface area contributed by atoms with Crippen molar-refractivity contribution in [2.45, 2.75) is 32.3 Å². The minimum atomic E-state index is -0.526. The van der Waals surface area contributed by atoms with Crippen LogP contribution in [-0.2, 0) is 12.8 Å². The number of hydrogen-bond donors (Lipinski definition) is 1. The predicted molar refractivity (Wildman–Crippen MR) is 85.1 cm³/mol. The molecule has 1 aliphatic rings. The van der Waals surface area contributed by atoms with Gasteiger partial charge in [-0.1, -0.05) is 41.9 Å². The van der Waals surface area contributed by atoms with Crippen LogP contribution < -0.4 is 4.74 Å². The first-order valence-electron chi connectivity index (χ1n) is 7.33. The summed E-state index contributed by atoms with van der Waals surface area (Å²) in [5.74, 6) is 1.00. The zero-order valence-corrected chi connectivity index (χ0v) is 12.9. The standard InChI is InChI=1S/C18H19ClO2/c1-12-3-2-4-15(18(12)19)16(20)7-5-13-6-8-17-14(11-13)9-10-21-17/h2-4,6,8,11,16,20H,5,7,9-10H2,1H3. The van der Waals surface area contributed by atoms with Crippen LogP contribution in [0.5, 0.6) is 5.75 Å². The Kier molecular flexibility index (Phi) is 4.18. The zero-order valence-electron chi connectivity index (χ0n) is 12.1. The summed E-state index contributed by atoms with van der Waals surface area (Å²) in [6, 6.07) is 12.1. The Morgan fingerprint density at radius 1 is 1.29 bits per heavy atom. The molecule has 2 aromatic carbocycles. The largest absolute Gasteiger partial charge is 0.493 e. The van der Waals surface area contributed by atoms with Crippen LogP contribution in [0, 0.1) is 6.92 Å². The van der Waals surface area contributed by atoms with Gasteiger partial charge in [-0.3, -0.25) is 0 Å². The minimum absolute atomic E-state index is 0.526. The molecule has 1 unspecified atom stereocenters. The fourth-order valence-electron chi connectivity index (χ4n) is 2.78. The van der Waals surface area contributed by atoms with Crippen LogP contribution in [0.25, 0.3) is 0 Å². The summed E-state index contributed by atoms with van der Waals surface area (Å²) in [6.07, 6.45) is 1.96. The van der Waals surface area contributed by atoms with Crippen molar-refractivity contribution in [1.29, 1.82) is 0 Å². The second kappa shape index (κ2) is 6.08. The van der Waals surface area contributed by atoms with Crippen LogP contribution in [-0.4, -0.2) is 11.7 Å². The number of aliphatic hydroxyl groups excluding tert-OH is 1. The lowest BCUT2D eigenvalue weighted by molar-refractivity contribution is 0.168. The summed E-state index contributed by atoms with van der Waals surface area (Å²) in [5.41, 5.74) is 4.33. The second-order valence-corrected chi connectivity index (χ2v) is 5.95. The summed E-state index contributed by atoms with van der Waals surface area (Å²) >= 11 is 6.27. The Hall–Kier alpha value is -1.51. The Labute approximate surface area is 130 Å². The average molecular weight is 303 g/mol. The summed E-state index contributed by atoms with van der Waals surface area (Å²) in [6.45, 7) is 2.74. The van der Waals surface area contributed by atoms with Crippen molar-refractivity contribution in [3.63, 3.8) is 0 Å². The molecule has 0 aromatic heterocycles. The molecule has 0 bridgehead atoms. The van der Waals surface area contributed by atoms with E-state index in [1.165, 1.54) is 11.1 Å². The number of aliphatic hydroxyl groups is 1. The quantitative estimate of drug-likeness (QED) is 0.915. The van der Waals surface area contributed by atoms with E-state index in [-0.39, 0.29) is 0 Å². The molecule has 0 aliphatic carbocycles. The number of aryl methyl sites for hydroxylation is 2. The third-order valence-corrected chi connectivity index (χ3v) is 4.56. The first-order chi connectivity index (χ1) is 10.1. The highest BCUT2D eigenvalue weighted by atomic mass is 35.5. The molecule has 0 saturated heterocycles. The molecular formula is C18H19ClO2. The van der Waals surface area contributed by atoms with E-state index in [1.807, 2.05) is 31.2 Å². The fraction of sp³-hybridized carbons (Fsp3) is 0.333. The number of ether oxygens (including phenoxy) is 1. The van der Waals surface area contributed by atoms with Gasteiger partial charge in [0.1, 0.15) is 5.75 Å². The predicted octanol–water partition coefficient (Wildman–Crippen LogP) is 4.25. The monoisotopic (exact) mass is 302 g/mol. The van der Waals surface area contributed by atoms with Crippen molar-refractivity contribution in [2.24, 2.45) is 0 Å². The Bertz CT molecular complexity index is 652. The lowest BCUT2D eigenvalue weighted by Gasteiger charge is -2.14. The van der Waals surface area contributed by atoms with Crippen molar-refractivity contribution in [1.82, 2.24) is 0 Å². The molecule has 0 spiro atoms. The SMILES string of the molecule is Cc1cccc(C(O)CCc2ccc3c(c2)CCO3)c1Cl. The van der Waals surface area contributed by atoms with Gasteiger partial charge in [0, 0.05) is 11.4 Å². The Balaban J connectivity index is 1.68. The van der Waals surface area contributed by atoms with Crippen LogP contribution in [0.2, 0.25) is 5.02 Å². The van der Waals surface area contributed by atoms with Crippen molar-refractivity contribution in [2.75, 3.05) is 6.61 Å². The third-order valence-electron chi connectivity index (χ3n) is 4.04. The van der Waals surface area contributed by atoms with E-state index in [0.717, 1.165) is 36.3 Å². The first-order valence-corrected chi connectivity index (χ1v) is 7.70. The van der Waals surface area contributed by atoms with Crippen LogP contribution in [0.15, 0.2) is 36.4 Å². The molecule has 110 valence electrons. The number of halogens is 1. The molecule has 1 aliphatic heterocycles. The highest BCUT2D eigenvalue weighted by Gasteiger charge is 2.15. The topological polar surface area (TPSA) is 29.5 Å². The normalized spacial score (nSPS) is 14.6. The highest BCUT2D eigenvalue weighted by Crippen LogP contribution is 2.30. The maximum Gasteiger partial charge on any atom is 0.122 e. The van der Waals surface area contributed by atoms with E-state index in [4.69, 9.17) is 16.3 Å². The van der Waals surface area contributed by atoms with E-state index in [0.29, 0.717) is 11.4 Å². The van der Waals surface area contributed by atoms with Crippen LogP contribution in [0.3, 0.4) is 0 Å². The molecule has 0 saturated carbocycles. The first kappa shape index (κ1) is 14.4. The molecule has 3 rings (SSSR count). The number of hydrogen-bond acceptors (Lipinski definition) is 2. The van der Waals surface area contributed by atoms with Gasteiger partial charge < -0.3 is 9.84 Å². The van der Waals surface area contributed by atoms with Gasteiger partial charge in [0.25, 0.3) is 0 Å². The fourth-order valence-corrected chi connectivity index (χ4v) is 3.03.